The normalized spacial score (nSPS) is 31.9. The van der Waals surface area contributed by atoms with Crippen LogP contribution in [-0.4, -0.2) is 3.42 Å². The third-order valence-corrected chi connectivity index (χ3v) is 2.82. The lowest BCUT2D eigenvalue weighted by molar-refractivity contribution is 0.978. The van der Waals surface area contributed by atoms with Gasteiger partial charge in [-0.15, -0.1) is 0 Å². The molecule has 0 N–H and O–H groups in total. The van der Waals surface area contributed by atoms with Crippen molar-refractivity contribution < 1.29 is 0 Å². The van der Waals surface area contributed by atoms with Crippen LogP contribution in [0.5, 0.6) is 0 Å². The highest BCUT2D eigenvalue weighted by molar-refractivity contribution is 14.1. The molecule has 0 bridgehead atoms. The first-order valence-electron chi connectivity index (χ1n) is 3.96. The first-order valence-corrected chi connectivity index (χ1v) is 5.04. The number of halogens is 1. The van der Waals surface area contributed by atoms with Crippen molar-refractivity contribution in [2.45, 2.75) is 17.3 Å². The van der Waals surface area contributed by atoms with Gasteiger partial charge in [0.05, 0.1) is 3.42 Å². The summed E-state index contributed by atoms with van der Waals surface area (Å²) in [5.74, 6) is 0. The maximum atomic E-state index is 3.71. The summed E-state index contributed by atoms with van der Waals surface area (Å²) >= 11 is 2.45. The lowest BCUT2D eigenvalue weighted by Crippen LogP contribution is -2.16. The van der Waals surface area contributed by atoms with Crippen LogP contribution in [0.2, 0.25) is 0 Å². The third-order valence-electron chi connectivity index (χ3n) is 1.89. The van der Waals surface area contributed by atoms with E-state index in [1.165, 1.54) is 11.1 Å². The molecule has 1 heteroatoms. The lowest BCUT2D eigenvalue weighted by Gasteiger charge is -2.24. The smallest absolute Gasteiger partial charge is 0.0627 e. The molecule has 0 saturated heterocycles. The highest BCUT2D eigenvalue weighted by Gasteiger charge is 2.22. The van der Waals surface area contributed by atoms with Crippen molar-refractivity contribution in [3.63, 3.8) is 0 Å². The molecule has 12 heavy (non-hydrogen) atoms. The Labute approximate surface area is 87.9 Å². The van der Waals surface area contributed by atoms with Gasteiger partial charge >= 0.3 is 0 Å². The Hall–Kier alpha value is -0.310. The number of allylic oxidation sites excluding steroid dienone is 7. The van der Waals surface area contributed by atoms with E-state index in [0.29, 0.717) is 0 Å². The molecule has 1 atom stereocenters. The van der Waals surface area contributed by atoms with Crippen molar-refractivity contribution in [3.8, 4) is 0 Å². The van der Waals surface area contributed by atoms with Crippen LogP contribution in [-0.2, 0) is 0 Å². The molecule has 0 heterocycles. The van der Waals surface area contributed by atoms with Gasteiger partial charge in [-0.25, -0.2) is 0 Å². The van der Waals surface area contributed by atoms with Crippen molar-refractivity contribution >= 4 is 22.6 Å². The summed E-state index contributed by atoms with van der Waals surface area (Å²) in [7, 11) is 0. The average Bonchev–Trinajstić information content (AvgIpc) is 1.94. The summed E-state index contributed by atoms with van der Waals surface area (Å²) in [5, 5.41) is 0. The zero-order chi connectivity index (χ0) is 9.19. The quantitative estimate of drug-likeness (QED) is 0.503. The molecule has 0 aromatic carbocycles. The van der Waals surface area contributed by atoms with E-state index in [2.05, 4.69) is 67.3 Å². The van der Waals surface area contributed by atoms with Gasteiger partial charge in [-0.3, -0.25) is 0 Å². The number of alkyl halides is 1. The van der Waals surface area contributed by atoms with E-state index in [-0.39, 0.29) is 3.42 Å². The van der Waals surface area contributed by atoms with E-state index in [0.717, 1.165) is 0 Å². The molecule has 0 radical (unpaired) electrons. The van der Waals surface area contributed by atoms with Crippen LogP contribution in [0.3, 0.4) is 0 Å². The average molecular weight is 272 g/mol. The van der Waals surface area contributed by atoms with Crippen LogP contribution in [0, 0.1) is 0 Å². The monoisotopic (exact) mass is 272 g/mol. The van der Waals surface area contributed by atoms with Gasteiger partial charge in [0.2, 0.25) is 0 Å². The summed E-state index contributed by atoms with van der Waals surface area (Å²) in [6.45, 7) is 8.03. The van der Waals surface area contributed by atoms with Gasteiger partial charge in [-0.1, -0.05) is 65.1 Å². The topological polar surface area (TPSA) is 0 Å². The fraction of sp³-hybridized carbons (Fsp3) is 0.273. The summed E-state index contributed by atoms with van der Waals surface area (Å²) in [6, 6.07) is 0. The second-order valence-electron chi connectivity index (χ2n) is 3.15. The molecule has 0 amide bonds. The molecule has 1 aliphatic carbocycles. The lowest BCUT2D eigenvalue weighted by atomic mass is 9.93. The molecule has 0 aromatic heterocycles. The van der Waals surface area contributed by atoms with Crippen molar-refractivity contribution in [2.24, 2.45) is 0 Å². The summed E-state index contributed by atoms with van der Waals surface area (Å²) in [6.07, 6.45) is 10.5. The number of hydrogen-bond donors (Lipinski definition) is 0. The maximum absolute atomic E-state index is 3.71. The molecule has 0 spiro atoms. The molecule has 1 rings (SSSR count). The zero-order valence-electron chi connectivity index (χ0n) is 7.47. The standard InChI is InChI=1S/C11H13I/c1-4-5-10-7-6-9(2)8-11(10,3)12/h4-8H,1H2,2-3H3/b10-5-. The number of rotatable bonds is 1. The predicted octanol–water partition coefficient (Wildman–Crippen LogP) is 3.81. The van der Waals surface area contributed by atoms with E-state index in [9.17, 15) is 0 Å². The van der Waals surface area contributed by atoms with Gasteiger partial charge in [0.1, 0.15) is 0 Å². The largest absolute Gasteiger partial charge is 0.0991 e. The molecule has 0 nitrogen and oxygen atoms in total. The molecule has 64 valence electrons. The molecule has 1 aliphatic rings. The van der Waals surface area contributed by atoms with Crippen LogP contribution in [0.4, 0.5) is 0 Å². The van der Waals surface area contributed by atoms with Gasteiger partial charge in [0, 0.05) is 0 Å². The van der Waals surface area contributed by atoms with Crippen LogP contribution in [0.25, 0.3) is 0 Å². The van der Waals surface area contributed by atoms with E-state index in [1.54, 1.807) is 0 Å². The highest BCUT2D eigenvalue weighted by Crippen LogP contribution is 2.34. The first-order chi connectivity index (χ1) is 5.56. The Kier molecular flexibility index (Phi) is 2.94. The Morgan fingerprint density at radius 3 is 2.67 bits per heavy atom. The molecule has 0 aromatic rings. The van der Waals surface area contributed by atoms with Crippen molar-refractivity contribution in [3.05, 3.63) is 48.1 Å². The van der Waals surface area contributed by atoms with E-state index >= 15 is 0 Å². The van der Waals surface area contributed by atoms with Gasteiger partial charge in [0.15, 0.2) is 0 Å². The maximum Gasteiger partial charge on any atom is 0.0627 e. The fourth-order valence-electron chi connectivity index (χ4n) is 1.29. The van der Waals surface area contributed by atoms with E-state index in [4.69, 9.17) is 0 Å². The first kappa shape index (κ1) is 9.78. The second-order valence-corrected chi connectivity index (χ2v) is 5.40. The highest BCUT2D eigenvalue weighted by atomic mass is 127. The summed E-state index contributed by atoms with van der Waals surface area (Å²) in [5.41, 5.74) is 2.64. The number of hydrogen-bond acceptors (Lipinski definition) is 0. The Balaban J connectivity index is 3.04. The fourth-order valence-corrected chi connectivity index (χ4v) is 2.14. The van der Waals surface area contributed by atoms with Crippen molar-refractivity contribution in [2.75, 3.05) is 0 Å². The third kappa shape index (κ3) is 2.09. The van der Waals surface area contributed by atoms with E-state index < -0.39 is 0 Å². The van der Waals surface area contributed by atoms with Gasteiger partial charge in [0.25, 0.3) is 0 Å². The summed E-state index contributed by atoms with van der Waals surface area (Å²) in [4.78, 5) is 0. The van der Waals surface area contributed by atoms with Gasteiger partial charge < -0.3 is 0 Å². The zero-order valence-corrected chi connectivity index (χ0v) is 9.63. The molecule has 0 aliphatic heterocycles. The predicted molar refractivity (Wildman–Crippen MR) is 63.6 cm³/mol. The van der Waals surface area contributed by atoms with Crippen molar-refractivity contribution in [1.82, 2.24) is 0 Å². The SMILES string of the molecule is C=C/C=C1/C=CC(C)=CC1(C)I. The Morgan fingerprint density at radius 2 is 2.17 bits per heavy atom. The van der Waals surface area contributed by atoms with Gasteiger partial charge in [-0.2, -0.15) is 0 Å². The molecule has 0 saturated carbocycles. The van der Waals surface area contributed by atoms with Crippen LogP contribution in [0.1, 0.15) is 13.8 Å². The molecule has 1 unspecified atom stereocenters. The minimum Gasteiger partial charge on any atom is -0.0991 e. The van der Waals surface area contributed by atoms with E-state index in [1.807, 2.05) is 6.08 Å². The Bertz CT molecular complexity index is 277. The summed E-state index contributed by atoms with van der Waals surface area (Å²) < 4.78 is 0.130. The minimum absolute atomic E-state index is 0.130. The van der Waals surface area contributed by atoms with Crippen molar-refractivity contribution in [1.29, 1.82) is 0 Å². The Morgan fingerprint density at radius 1 is 1.50 bits per heavy atom. The van der Waals surface area contributed by atoms with Gasteiger partial charge in [-0.05, 0) is 19.4 Å². The van der Waals surface area contributed by atoms with Crippen LogP contribution >= 0.6 is 22.6 Å². The van der Waals surface area contributed by atoms with Crippen LogP contribution < -0.4 is 0 Å². The second kappa shape index (κ2) is 3.60. The van der Waals surface area contributed by atoms with Crippen LogP contribution in [0.15, 0.2) is 48.1 Å². The molecule has 0 fully saturated rings. The minimum atomic E-state index is 0.130. The molecular weight excluding hydrogens is 259 g/mol. The molecular formula is C11H13I.